The molecule has 0 aromatic heterocycles. The normalized spacial score (nSPS) is 15.0. The van der Waals surface area contributed by atoms with Crippen molar-refractivity contribution in [3.63, 3.8) is 0 Å². The summed E-state index contributed by atoms with van der Waals surface area (Å²) < 4.78 is 55.4. The van der Waals surface area contributed by atoms with Crippen molar-refractivity contribution < 1.29 is 27.5 Å². The largest absolute Gasteiger partial charge is 0.434 e. The highest BCUT2D eigenvalue weighted by atomic mass is 19.4. The Morgan fingerprint density at radius 1 is 0.962 bits per heavy atom. The third-order valence-electron chi connectivity index (χ3n) is 4.87. The first-order valence-electron chi connectivity index (χ1n) is 8.52. The summed E-state index contributed by atoms with van der Waals surface area (Å²) in [5, 5.41) is 12.3. The number of aliphatic hydroxyl groups is 1. The second kappa shape index (κ2) is 9.35. The van der Waals surface area contributed by atoms with Crippen molar-refractivity contribution >= 4 is 5.91 Å². The van der Waals surface area contributed by atoms with E-state index in [0.29, 0.717) is 19.3 Å². The Morgan fingerprint density at radius 2 is 1.35 bits per heavy atom. The minimum atomic E-state index is -5.56. The van der Waals surface area contributed by atoms with E-state index >= 15 is 4.39 Å². The first-order chi connectivity index (χ1) is 11.9. The Balaban J connectivity index is 5.79. The van der Waals surface area contributed by atoms with Crippen LogP contribution in [0.5, 0.6) is 0 Å². The van der Waals surface area contributed by atoms with Crippen molar-refractivity contribution in [1.29, 1.82) is 0 Å². The van der Waals surface area contributed by atoms with Crippen LogP contribution in [0.15, 0.2) is 38.0 Å². The zero-order valence-electron chi connectivity index (χ0n) is 15.5. The van der Waals surface area contributed by atoms with Crippen LogP contribution in [-0.2, 0) is 4.79 Å². The predicted molar refractivity (Wildman–Crippen MR) is 95.3 cm³/mol. The molecule has 0 rings (SSSR count). The van der Waals surface area contributed by atoms with Gasteiger partial charge in [-0.15, -0.1) is 19.7 Å². The van der Waals surface area contributed by atoms with Crippen LogP contribution in [0.25, 0.3) is 0 Å². The highest BCUT2D eigenvalue weighted by molar-refractivity contribution is 5.87. The number of hydrogen-bond donors (Lipinski definition) is 2. The molecule has 0 aliphatic carbocycles. The maximum absolute atomic E-state index is 15.0. The van der Waals surface area contributed by atoms with Gasteiger partial charge in [-0.25, -0.2) is 4.39 Å². The fourth-order valence-electron chi connectivity index (χ4n) is 3.12. The number of carbonyl (C=O) groups is 1. The van der Waals surface area contributed by atoms with Gasteiger partial charge in [-0.2, -0.15) is 13.2 Å². The monoisotopic (exact) mass is 379 g/mol. The summed E-state index contributed by atoms with van der Waals surface area (Å²) >= 11 is 0. The van der Waals surface area contributed by atoms with Crippen LogP contribution in [0.2, 0.25) is 0 Å². The van der Waals surface area contributed by atoms with Crippen molar-refractivity contribution in [2.45, 2.75) is 63.4 Å². The van der Waals surface area contributed by atoms with Gasteiger partial charge in [-0.1, -0.05) is 32.1 Å². The quantitative estimate of drug-likeness (QED) is 0.383. The second-order valence-corrected chi connectivity index (χ2v) is 6.56. The molecule has 0 radical (unpaired) electrons. The first-order valence-corrected chi connectivity index (χ1v) is 8.52. The van der Waals surface area contributed by atoms with Gasteiger partial charge in [0.05, 0.1) is 0 Å². The lowest BCUT2D eigenvalue weighted by Gasteiger charge is -2.41. The first kappa shape index (κ1) is 24.4. The van der Waals surface area contributed by atoms with Crippen molar-refractivity contribution in [3.8, 4) is 0 Å². The molecule has 1 unspecified atom stereocenters. The maximum atomic E-state index is 15.0. The van der Waals surface area contributed by atoms with E-state index in [1.54, 1.807) is 18.2 Å². The Labute approximate surface area is 152 Å². The summed E-state index contributed by atoms with van der Waals surface area (Å²) in [7, 11) is 0. The van der Waals surface area contributed by atoms with E-state index in [9.17, 15) is 23.1 Å². The topological polar surface area (TPSA) is 49.3 Å². The van der Waals surface area contributed by atoms with Gasteiger partial charge in [0.2, 0.25) is 0 Å². The smallest absolute Gasteiger partial charge is 0.386 e. The Kier molecular flexibility index (Phi) is 8.76. The van der Waals surface area contributed by atoms with Gasteiger partial charge in [-0.3, -0.25) is 4.79 Å². The Bertz CT molecular complexity index is 486. The molecule has 0 fully saturated rings. The van der Waals surface area contributed by atoms with Gasteiger partial charge in [0.1, 0.15) is 5.60 Å². The zero-order chi connectivity index (χ0) is 20.6. The number of nitrogens with one attached hydrogen (secondary N) is 1. The van der Waals surface area contributed by atoms with E-state index in [1.807, 2.05) is 0 Å². The van der Waals surface area contributed by atoms with Crippen LogP contribution in [0, 0.1) is 5.41 Å². The van der Waals surface area contributed by atoms with Crippen LogP contribution in [0.4, 0.5) is 17.6 Å². The highest BCUT2D eigenvalue weighted by Gasteiger charge is 2.71. The average Bonchev–Trinajstić information content (AvgIpc) is 2.57. The molecule has 7 heteroatoms. The van der Waals surface area contributed by atoms with Gasteiger partial charge in [-0.05, 0) is 37.5 Å². The Morgan fingerprint density at radius 3 is 1.62 bits per heavy atom. The van der Waals surface area contributed by atoms with Gasteiger partial charge in [0.25, 0.3) is 5.91 Å². The van der Waals surface area contributed by atoms with Gasteiger partial charge in [0.15, 0.2) is 0 Å². The summed E-state index contributed by atoms with van der Waals surface area (Å²) in [5.74, 6) is -1.89. The molecule has 0 heterocycles. The minimum absolute atomic E-state index is 0.235. The maximum Gasteiger partial charge on any atom is 0.434 e. The molecule has 0 aromatic carbocycles. The van der Waals surface area contributed by atoms with Crippen molar-refractivity contribution in [2.24, 2.45) is 5.41 Å². The average molecular weight is 379 g/mol. The zero-order valence-corrected chi connectivity index (χ0v) is 15.5. The Hall–Kier alpha value is -1.63. The van der Waals surface area contributed by atoms with Crippen molar-refractivity contribution in [3.05, 3.63) is 38.0 Å². The number of halogens is 4. The third-order valence-corrected chi connectivity index (χ3v) is 4.87. The van der Waals surface area contributed by atoms with Crippen LogP contribution in [-0.4, -0.2) is 35.0 Å². The van der Waals surface area contributed by atoms with E-state index in [-0.39, 0.29) is 6.54 Å². The highest BCUT2D eigenvalue weighted by Crippen LogP contribution is 2.46. The van der Waals surface area contributed by atoms with E-state index in [0.717, 1.165) is 0 Å². The molecular formula is C19H29F4NO2. The molecule has 1 atom stereocenters. The lowest BCUT2D eigenvalue weighted by atomic mass is 9.76. The second-order valence-electron chi connectivity index (χ2n) is 6.56. The number of alkyl halides is 4. The minimum Gasteiger partial charge on any atom is -0.386 e. The van der Waals surface area contributed by atoms with Gasteiger partial charge in [0, 0.05) is 6.54 Å². The van der Waals surface area contributed by atoms with Crippen molar-refractivity contribution in [2.75, 3.05) is 6.54 Å². The molecule has 0 aliphatic heterocycles. The van der Waals surface area contributed by atoms with E-state index in [1.165, 1.54) is 13.8 Å². The van der Waals surface area contributed by atoms with E-state index in [4.69, 9.17) is 0 Å². The number of hydrogen-bond acceptors (Lipinski definition) is 2. The molecule has 0 saturated heterocycles. The summed E-state index contributed by atoms with van der Waals surface area (Å²) in [6.45, 7) is 13.0. The fraction of sp³-hybridized carbons (Fsp3) is 0.632. The lowest BCUT2D eigenvalue weighted by Crippen LogP contribution is -2.67. The third kappa shape index (κ3) is 4.75. The summed E-state index contributed by atoms with van der Waals surface area (Å²) in [5.41, 5.74) is -7.97. The molecule has 26 heavy (non-hydrogen) atoms. The summed E-state index contributed by atoms with van der Waals surface area (Å²) in [6, 6.07) is 0. The number of allylic oxidation sites excluding steroid dienone is 3. The molecule has 0 saturated carbocycles. The van der Waals surface area contributed by atoms with Crippen LogP contribution in [0.1, 0.15) is 46.0 Å². The molecule has 150 valence electrons. The molecule has 0 spiro atoms. The molecule has 0 aromatic rings. The predicted octanol–water partition coefficient (Wildman–Crippen LogP) is 4.64. The molecule has 0 bridgehead atoms. The SMILES string of the molecule is C=CCC(CC=C)(CC=C)CNC(=O)C(F)(C(F)(F)F)C(O)(CC)CC. The summed E-state index contributed by atoms with van der Waals surface area (Å²) in [6.07, 6.45) is -0.892. The fourth-order valence-corrected chi connectivity index (χ4v) is 3.12. The molecule has 1 amide bonds. The number of rotatable bonds is 12. The summed E-state index contributed by atoms with van der Waals surface area (Å²) in [4.78, 5) is 12.3. The van der Waals surface area contributed by atoms with Crippen molar-refractivity contribution in [1.82, 2.24) is 5.32 Å². The molecule has 2 N–H and O–H groups in total. The van der Waals surface area contributed by atoms with Crippen LogP contribution >= 0.6 is 0 Å². The lowest BCUT2D eigenvalue weighted by molar-refractivity contribution is -0.278. The van der Waals surface area contributed by atoms with Gasteiger partial charge >= 0.3 is 11.8 Å². The van der Waals surface area contributed by atoms with Gasteiger partial charge < -0.3 is 10.4 Å². The van der Waals surface area contributed by atoms with Crippen LogP contribution in [0.3, 0.4) is 0 Å². The van der Waals surface area contributed by atoms with E-state index < -0.39 is 41.6 Å². The molecule has 0 aliphatic rings. The number of carbonyl (C=O) groups excluding carboxylic acids is 1. The molecule has 3 nitrogen and oxygen atoms in total. The number of amides is 1. The van der Waals surface area contributed by atoms with E-state index in [2.05, 4.69) is 25.1 Å². The molecular weight excluding hydrogens is 350 g/mol. The van der Waals surface area contributed by atoms with Crippen LogP contribution < -0.4 is 5.32 Å². The standard InChI is InChI=1S/C19H29F4NO2/c1-6-11-16(12-7-2,13-8-3)14-24-15(25)18(20,19(21,22)23)17(26,9-4)10-5/h6-8,26H,1-3,9-14H2,4-5H3,(H,24,25).